The van der Waals surface area contributed by atoms with Gasteiger partial charge >= 0.3 is 5.82 Å². The Morgan fingerprint density at radius 1 is 1.28 bits per heavy atom. The third-order valence-electron chi connectivity index (χ3n) is 5.17. The molecule has 1 aromatic heterocycles. The van der Waals surface area contributed by atoms with E-state index in [9.17, 15) is 23.7 Å². The molecule has 0 aliphatic carbocycles. The average molecular weight is 407 g/mol. The Kier molecular flexibility index (Phi) is 6.21. The van der Waals surface area contributed by atoms with Crippen molar-refractivity contribution in [1.29, 1.82) is 0 Å². The predicted molar refractivity (Wildman–Crippen MR) is 101 cm³/mol. The highest BCUT2D eigenvalue weighted by molar-refractivity contribution is 5.80. The van der Waals surface area contributed by atoms with Crippen molar-refractivity contribution in [3.05, 3.63) is 57.3 Å². The number of benzene rings is 1. The molecule has 10 heteroatoms. The molecule has 1 saturated heterocycles. The number of piperazine rings is 1. The van der Waals surface area contributed by atoms with Gasteiger partial charge in [0.1, 0.15) is 0 Å². The van der Waals surface area contributed by atoms with Crippen LogP contribution in [-0.2, 0) is 11.3 Å². The van der Waals surface area contributed by atoms with Crippen LogP contribution in [0.25, 0.3) is 0 Å². The summed E-state index contributed by atoms with van der Waals surface area (Å²) in [5.41, 5.74) is 0.841. The van der Waals surface area contributed by atoms with Gasteiger partial charge in [-0.05, 0) is 24.3 Å². The van der Waals surface area contributed by atoms with Crippen molar-refractivity contribution < 1.29 is 18.5 Å². The second-order valence-corrected chi connectivity index (χ2v) is 7.08. The Bertz CT molecular complexity index is 909. The molecule has 0 bridgehead atoms. The number of halogens is 2. The number of nitro groups is 1. The lowest BCUT2D eigenvalue weighted by Crippen LogP contribution is -2.50. The Morgan fingerprint density at radius 3 is 2.55 bits per heavy atom. The van der Waals surface area contributed by atoms with Crippen LogP contribution in [0.15, 0.2) is 24.3 Å². The number of carbonyl (C=O) groups is 1. The minimum absolute atomic E-state index is 0.148. The highest BCUT2D eigenvalue weighted by atomic mass is 19.2. The van der Waals surface area contributed by atoms with Crippen LogP contribution in [0.1, 0.15) is 30.6 Å². The van der Waals surface area contributed by atoms with E-state index in [1.165, 1.54) is 16.8 Å². The van der Waals surface area contributed by atoms with Gasteiger partial charge in [-0.3, -0.25) is 9.69 Å². The van der Waals surface area contributed by atoms with E-state index in [-0.39, 0.29) is 23.8 Å². The predicted octanol–water partition coefficient (Wildman–Crippen LogP) is 2.67. The summed E-state index contributed by atoms with van der Waals surface area (Å²) in [6.45, 7) is 5.71. The second-order valence-electron chi connectivity index (χ2n) is 7.08. The first kappa shape index (κ1) is 20.8. The molecule has 0 radical (unpaired) electrons. The van der Waals surface area contributed by atoms with E-state index in [1.54, 1.807) is 17.9 Å². The summed E-state index contributed by atoms with van der Waals surface area (Å²) >= 11 is 0. The minimum Gasteiger partial charge on any atom is -0.358 e. The molecule has 29 heavy (non-hydrogen) atoms. The first-order valence-corrected chi connectivity index (χ1v) is 9.46. The van der Waals surface area contributed by atoms with E-state index < -0.39 is 22.6 Å². The van der Waals surface area contributed by atoms with E-state index in [4.69, 9.17) is 0 Å². The normalized spacial score (nSPS) is 16.1. The molecule has 0 N–H and O–H groups in total. The number of hydrogen-bond donors (Lipinski definition) is 0. The van der Waals surface area contributed by atoms with Crippen LogP contribution in [0.4, 0.5) is 14.6 Å². The third-order valence-corrected chi connectivity index (χ3v) is 5.17. The molecule has 2 aromatic rings. The molecule has 1 fully saturated rings. The molecule has 8 nitrogen and oxygen atoms in total. The van der Waals surface area contributed by atoms with Crippen LogP contribution in [0.5, 0.6) is 0 Å². The van der Waals surface area contributed by atoms with Gasteiger partial charge in [-0.2, -0.15) is 4.68 Å². The standard InChI is InChI=1S/C19H23F2N5O3/c1-3-16(25-13(2)11-17(22-25)26(28)29)19(27)24-9-7-23(8-10-24)12-14-5-4-6-15(20)18(14)21/h4-6,11,16H,3,7-10,12H2,1-2H3. The molecule has 3 rings (SSSR count). The summed E-state index contributed by atoms with van der Waals surface area (Å²) in [6, 6.07) is 4.85. The molecule has 0 saturated carbocycles. The summed E-state index contributed by atoms with van der Waals surface area (Å²) in [4.78, 5) is 27.0. The van der Waals surface area contributed by atoms with Crippen LogP contribution in [0.2, 0.25) is 0 Å². The van der Waals surface area contributed by atoms with Crippen LogP contribution >= 0.6 is 0 Å². The highest BCUT2D eigenvalue weighted by Gasteiger charge is 2.32. The topological polar surface area (TPSA) is 84.5 Å². The quantitative estimate of drug-likeness (QED) is 0.543. The van der Waals surface area contributed by atoms with Gasteiger partial charge in [0.05, 0.1) is 16.9 Å². The Balaban J connectivity index is 1.64. The fourth-order valence-electron chi connectivity index (χ4n) is 3.58. The van der Waals surface area contributed by atoms with Crippen LogP contribution in [-0.4, -0.2) is 56.6 Å². The number of aryl methyl sites for hydroxylation is 1. The van der Waals surface area contributed by atoms with Crippen molar-refractivity contribution in [2.24, 2.45) is 0 Å². The van der Waals surface area contributed by atoms with Gasteiger partial charge in [0.15, 0.2) is 17.7 Å². The van der Waals surface area contributed by atoms with Gasteiger partial charge < -0.3 is 15.0 Å². The smallest absolute Gasteiger partial charge is 0.358 e. The zero-order valence-corrected chi connectivity index (χ0v) is 16.3. The fraction of sp³-hybridized carbons (Fsp3) is 0.474. The molecule has 0 spiro atoms. The van der Waals surface area contributed by atoms with E-state index in [0.717, 1.165) is 6.07 Å². The van der Waals surface area contributed by atoms with E-state index >= 15 is 0 Å². The highest BCUT2D eigenvalue weighted by Crippen LogP contribution is 2.22. The van der Waals surface area contributed by atoms with Crippen molar-refractivity contribution in [1.82, 2.24) is 19.6 Å². The molecule has 1 unspecified atom stereocenters. The largest absolute Gasteiger partial charge is 0.390 e. The van der Waals surface area contributed by atoms with E-state index in [1.807, 2.05) is 11.8 Å². The van der Waals surface area contributed by atoms with Crippen molar-refractivity contribution in [3.8, 4) is 0 Å². The summed E-state index contributed by atoms with van der Waals surface area (Å²) in [5, 5.41) is 14.9. The fourth-order valence-corrected chi connectivity index (χ4v) is 3.58. The maximum Gasteiger partial charge on any atom is 0.390 e. The van der Waals surface area contributed by atoms with Crippen molar-refractivity contribution in [2.45, 2.75) is 32.9 Å². The molecule has 156 valence electrons. The Hall–Kier alpha value is -2.88. The van der Waals surface area contributed by atoms with Gasteiger partial charge in [-0.15, -0.1) is 0 Å². The molecular formula is C19H23F2N5O3. The molecule has 1 amide bonds. The van der Waals surface area contributed by atoms with Gasteiger partial charge in [-0.25, -0.2) is 8.78 Å². The number of aromatic nitrogens is 2. The lowest BCUT2D eigenvalue weighted by atomic mass is 10.1. The van der Waals surface area contributed by atoms with Crippen molar-refractivity contribution in [2.75, 3.05) is 26.2 Å². The molecule has 1 aromatic carbocycles. The average Bonchev–Trinajstić information content (AvgIpc) is 3.08. The number of amides is 1. The zero-order valence-electron chi connectivity index (χ0n) is 16.3. The van der Waals surface area contributed by atoms with Gasteiger partial charge in [0.25, 0.3) is 0 Å². The number of hydrogen-bond acceptors (Lipinski definition) is 5. The minimum atomic E-state index is -0.870. The molecule has 1 aliphatic heterocycles. The summed E-state index contributed by atoms with van der Waals surface area (Å²) in [6.07, 6.45) is 0.452. The van der Waals surface area contributed by atoms with Gasteiger partial charge in [0.2, 0.25) is 5.91 Å². The molecular weight excluding hydrogens is 384 g/mol. The first-order chi connectivity index (χ1) is 13.8. The van der Waals surface area contributed by atoms with Crippen LogP contribution in [0, 0.1) is 28.7 Å². The SMILES string of the molecule is CCC(C(=O)N1CCN(Cc2cccc(F)c2F)CC1)n1nc([N+](=O)[O-])cc1C. The van der Waals surface area contributed by atoms with Crippen molar-refractivity contribution >= 4 is 11.7 Å². The summed E-state index contributed by atoms with van der Waals surface area (Å²) < 4.78 is 28.7. The van der Waals surface area contributed by atoms with Crippen LogP contribution in [0.3, 0.4) is 0 Å². The van der Waals surface area contributed by atoms with E-state index in [2.05, 4.69) is 5.10 Å². The maximum atomic E-state index is 13.9. The zero-order chi connectivity index (χ0) is 21.1. The molecule has 1 atom stereocenters. The maximum absolute atomic E-state index is 13.9. The third kappa shape index (κ3) is 4.42. The molecule has 2 heterocycles. The monoisotopic (exact) mass is 407 g/mol. The lowest BCUT2D eigenvalue weighted by molar-refractivity contribution is -0.389. The van der Waals surface area contributed by atoms with Crippen molar-refractivity contribution in [3.63, 3.8) is 0 Å². The Morgan fingerprint density at radius 2 is 1.97 bits per heavy atom. The number of nitrogens with zero attached hydrogens (tertiary/aromatic N) is 5. The Labute approximate surface area is 166 Å². The van der Waals surface area contributed by atoms with Gasteiger partial charge in [0, 0.05) is 38.3 Å². The van der Waals surface area contributed by atoms with E-state index in [0.29, 0.717) is 38.3 Å². The lowest BCUT2D eigenvalue weighted by Gasteiger charge is -2.36. The molecule has 1 aliphatic rings. The summed E-state index contributed by atoms with van der Waals surface area (Å²) in [7, 11) is 0. The number of carbonyl (C=O) groups excluding carboxylic acids is 1. The van der Waals surface area contributed by atoms with Crippen LogP contribution < -0.4 is 0 Å². The first-order valence-electron chi connectivity index (χ1n) is 9.46. The summed E-state index contributed by atoms with van der Waals surface area (Å²) in [5.74, 6) is -2.14. The number of rotatable bonds is 6. The van der Waals surface area contributed by atoms with Gasteiger partial charge in [-0.1, -0.05) is 19.1 Å². The second kappa shape index (κ2) is 8.64.